The van der Waals surface area contributed by atoms with Crippen LogP contribution in [0, 0.1) is 11.3 Å². The maximum Gasteiger partial charge on any atom is 0.343 e. The van der Waals surface area contributed by atoms with E-state index < -0.39 is 5.97 Å². The van der Waals surface area contributed by atoms with Gasteiger partial charge in [-0.05, 0) is 61.1 Å². The Balaban J connectivity index is 1.51. The van der Waals surface area contributed by atoms with Gasteiger partial charge in [0.1, 0.15) is 11.8 Å². The van der Waals surface area contributed by atoms with Crippen LogP contribution < -0.4 is 4.74 Å². The molecule has 3 rings (SSSR count). The summed E-state index contributed by atoms with van der Waals surface area (Å²) in [4.78, 5) is 21.8. The summed E-state index contributed by atoms with van der Waals surface area (Å²) in [5, 5.41) is 9.63. The molecular formula is C34H43N3O2. The van der Waals surface area contributed by atoms with E-state index in [0.717, 1.165) is 42.4 Å². The minimum atomic E-state index is -0.489. The highest BCUT2D eigenvalue weighted by Crippen LogP contribution is 2.23. The van der Waals surface area contributed by atoms with Crippen LogP contribution in [-0.4, -0.2) is 15.9 Å². The van der Waals surface area contributed by atoms with Crippen molar-refractivity contribution < 1.29 is 9.53 Å². The van der Waals surface area contributed by atoms with E-state index in [4.69, 9.17) is 4.74 Å². The first-order chi connectivity index (χ1) is 19.1. The number of aryl methyl sites for hydroxylation is 2. The number of aromatic nitrogens is 2. The second-order valence-electron chi connectivity index (χ2n) is 10.4. The topological polar surface area (TPSA) is 75.9 Å². The summed E-state index contributed by atoms with van der Waals surface area (Å²) >= 11 is 0. The van der Waals surface area contributed by atoms with Gasteiger partial charge in [-0.25, -0.2) is 14.8 Å². The molecule has 1 heterocycles. The second-order valence-corrected chi connectivity index (χ2v) is 10.4. The average Bonchev–Trinajstić information content (AvgIpc) is 2.97. The molecule has 5 nitrogen and oxygen atoms in total. The fraction of sp³-hybridized carbons (Fsp3) is 0.471. The summed E-state index contributed by atoms with van der Waals surface area (Å²) in [6.07, 6.45) is 20.7. The number of carbonyl (C=O) groups is 1. The summed E-state index contributed by atoms with van der Waals surface area (Å²) in [7, 11) is 0. The van der Waals surface area contributed by atoms with Gasteiger partial charge in [0.25, 0.3) is 0 Å². The fourth-order valence-electron chi connectivity index (χ4n) is 4.68. The van der Waals surface area contributed by atoms with Crippen LogP contribution in [0.2, 0.25) is 0 Å². The van der Waals surface area contributed by atoms with Crippen LogP contribution in [0.4, 0.5) is 0 Å². The quantitative estimate of drug-likeness (QED) is 0.0998. The lowest BCUT2D eigenvalue weighted by molar-refractivity contribution is 0.0734. The normalized spacial score (nSPS) is 10.8. The van der Waals surface area contributed by atoms with Crippen molar-refractivity contribution in [2.75, 3.05) is 0 Å². The lowest BCUT2D eigenvalue weighted by atomic mass is 10.0. The summed E-state index contributed by atoms with van der Waals surface area (Å²) in [6, 6.07) is 14.8. The van der Waals surface area contributed by atoms with E-state index in [1.165, 1.54) is 64.2 Å². The van der Waals surface area contributed by atoms with E-state index >= 15 is 0 Å². The smallest absolute Gasteiger partial charge is 0.343 e. The van der Waals surface area contributed by atoms with Crippen molar-refractivity contribution in [2.24, 2.45) is 0 Å². The van der Waals surface area contributed by atoms with Gasteiger partial charge >= 0.3 is 5.97 Å². The predicted molar refractivity (Wildman–Crippen MR) is 158 cm³/mol. The fourth-order valence-corrected chi connectivity index (χ4v) is 4.68. The molecule has 0 unspecified atom stereocenters. The van der Waals surface area contributed by atoms with Gasteiger partial charge in [-0.1, -0.05) is 96.3 Å². The molecule has 0 saturated heterocycles. The number of unbranched alkanes of at least 4 members (excludes halogenated alkanes) is 10. The van der Waals surface area contributed by atoms with Gasteiger partial charge in [0.15, 0.2) is 5.82 Å². The Labute approximate surface area is 234 Å². The number of nitriles is 1. The van der Waals surface area contributed by atoms with Gasteiger partial charge < -0.3 is 4.74 Å². The lowest BCUT2D eigenvalue weighted by Crippen LogP contribution is -2.09. The number of hydrogen-bond donors (Lipinski definition) is 0. The van der Waals surface area contributed by atoms with Gasteiger partial charge in [0, 0.05) is 18.0 Å². The van der Waals surface area contributed by atoms with Crippen LogP contribution in [0.25, 0.3) is 11.4 Å². The molecule has 206 valence electrons. The van der Waals surface area contributed by atoms with Gasteiger partial charge in [0.2, 0.25) is 0 Å². The number of carbonyl (C=O) groups excluding carboxylic acids is 1. The summed E-state index contributed by atoms with van der Waals surface area (Å²) in [6.45, 7) is 4.46. The molecule has 1 aromatic heterocycles. The van der Waals surface area contributed by atoms with Gasteiger partial charge in [-0.15, -0.1) is 0 Å². The molecule has 0 N–H and O–H groups in total. The first-order valence-electron chi connectivity index (χ1n) is 14.8. The lowest BCUT2D eigenvalue weighted by Gasteiger charge is -2.09. The Hall–Kier alpha value is -3.52. The van der Waals surface area contributed by atoms with Crippen molar-refractivity contribution in [2.45, 2.75) is 104 Å². The third-order valence-corrected chi connectivity index (χ3v) is 7.09. The zero-order valence-corrected chi connectivity index (χ0v) is 23.8. The molecule has 5 heteroatoms. The monoisotopic (exact) mass is 525 g/mol. The molecule has 0 atom stereocenters. The highest BCUT2D eigenvalue weighted by molar-refractivity contribution is 5.91. The third-order valence-electron chi connectivity index (χ3n) is 7.09. The molecule has 0 aliphatic heterocycles. The van der Waals surface area contributed by atoms with E-state index in [1.54, 1.807) is 18.2 Å². The number of nitrogens with zero attached hydrogens (tertiary/aromatic N) is 3. The van der Waals surface area contributed by atoms with E-state index in [2.05, 4.69) is 29.9 Å². The van der Waals surface area contributed by atoms with Gasteiger partial charge in [-0.2, -0.15) is 5.26 Å². The molecule has 2 aromatic carbocycles. The van der Waals surface area contributed by atoms with Crippen molar-refractivity contribution in [3.8, 4) is 23.2 Å². The van der Waals surface area contributed by atoms with Crippen molar-refractivity contribution >= 4 is 5.97 Å². The number of rotatable bonds is 17. The second kappa shape index (κ2) is 17.1. The molecule has 0 saturated carbocycles. The standard InChI is InChI=1S/C34H43N3O2/c1-3-5-7-9-10-12-13-15-27-17-22-32(31(23-27)24-35)39-34(38)30-20-18-29(19-21-30)33-36-25-28(26-37-33)16-14-11-8-6-4-2/h17-23,25-26H,3-16H2,1-2H3. The molecular weight excluding hydrogens is 482 g/mol. The molecule has 3 aromatic rings. The van der Waals surface area contributed by atoms with Crippen LogP contribution in [0.1, 0.15) is 118 Å². The van der Waals surface area contributed by atoms with E-state index in [0.29, 0.717) is 22.7 Å². The van der Waals surface area contributed by atoms with Crippen LogP contribution >= 0.6 is 0 Å². The Morgan fingerprint density at radius 1 is 0.744 bits per heavy atom. The number of ether oxygens (including phenoxy) is 1. The highest BCUT2D eigenvalue weighted by Gasteiger charge is 2.13. The molecule has 0 aliphatic carbocycles. The third kappa shape index (κ3) is 10.3. The summed E-state index contributed by atoms with van der Waals surface area (Å²) in [5.74, 6) is 0.439. The average molecular weight is 526 g/mol. The molecule has 0 bridgehead atoms. The molecule has 0 amide bonds. The van der Waals surface area contributed by atoms with Crippen LogP contribution in [0.3, 0.4) is 0 Å². The van der Waals surface area contributed by atoms with E-state index in [-0.39, 0.29) is 0 Å². The maximum absolute atomic E-state index is 12.8. The van der Waals surface area contributed by atoms with Crippen molar-refractivity contribution in [1.82, 2.24) is 9.97 Å². The Kier molecular flexibility index (Phi) is 13.2. The molecule has 0 fully saturated rings. The van der Waals surface area contributed by atoms with Crippen molar-refractivity contribution in [3.63, 3.8) is 0 Å². The van der Waals surface area contributed by atoms with E-state index in [9.17, 15) is 10.1 Å². The van der Waals surface area contributed by atoms with Crippen LogP contribution in [-0.2, 0) is 12.8 Å². The largest absolute Gasteiger partial charge is 0.422 e. The van der Waals surface area contributed by atoms with Gasteiger partial charge in [-0.3, -0.25) is 0 Å². The predicted octanol–water partition coefficient (Wildman–Crippen LogP) is 9.04. The summed E-state index contributed by atoms with van der Waals surface area (Å²) < 4.78 is 5.59. The minimum Gasteiger partial charge on any atom is -0.422 e. The zero-order chi connectivity index (χ0) is 27.7. The zero-order valence-electron chi connectivity index (χ0n) is 23.8. The Morgan fingerprint density at radius 3 is 1.90 bits per heavy atom. The highest BCUT2D eigenvalue weighted by atomic mass is 16.5. The van der Waals surface area contributed by atoms with Gasteiger partial charge in [0.05, 0.1) is 11.1 Å². The first-order valence-corrected chi connectivity index (χ1v) is 14.8. The molecule has 0 spiro atoms. The van der Waals surface area contributed by atoms with Crippen molar-refractivity contribution in [3.05, 3.63) is 77.1 Å². The minimum absolute atomic E-state index is 0.295. The molecule has 0 radical (unpaired) electrons. The number of hydrogen-bond acceptors (Lipinski definition) is 5. The first kappa shape index (κ1) is 30.0. The van der Waals surface area contributed by atoms with Crippen molar-refractivity contribution in [1.29, 1.82) is 5.26 Å². The number of benzene rings is 2. The SMILES string of the molecule is CCCCCCCCCc1ccc(OC(=O)c2ccc(-c3ncc(CCCCCCC)cn3)cc2)c(C#N)c1. The molecule has 39 heavy (non-hydrogen) atoms. The molecule has 0 aliphatic rings. The van der Waals surface area contributed by atoms with Crippen LogP contribution in [0.5, 0.6) is 5.75 Å². The summed E-state index contributed by atoms with van der Waals surface area (Å²) in [5.41, 5.74) is 3.90. The van der Waals surface area contributed by atoms with Crippen LogP contribution in [0.15, 0.2) is 54.9 Å². The number of esters is 1. The van der Waals surface area contributed by atoms with E-state index in [1.807, 2.05) is 36.7 Å². The Morgan fingerprint density at radius 2 is 1.31 bits per heavy atom. The Bertz CT molecular complexity index is 1180. The maximum atomic E-state index is 12.8.